The van der Waals surface area contributed by atoms with Gasteiger partial charge in [-0.2, -0.15) is 5.84 Å². The summed E-state index contributed by atoms with van der Waals surface area (Å²) in [6, 6.07) is 0. The number of quaternary nitrogens is 1. The fourth-order valence-electron chi connectivity index (χ4n) is 0.470. The maximum absolute atomic E-state index is 10.3. The third kappa shape index (κ3) is 0.518. The highest BCUT2D eigenvalue weighted by atomic mass is 16.6. The smallest absolute Gasteiger partial charge is 0.101 e. The van der Waals surface area contributed by atoms with Crippen LogP contribution in [0.3, 0.4) is 0 Å². The van der Waals surface area contributed by atoms with Gasteiger partial charge < -0.3 is 5.21 Å². The molecule has 1 heterocycles. The van der Waals surface area contributed by atoms with Crippen LogP contribution in [0.5, 0.6) is 0 Å². The summed E-state index contributed by atoms with van der Waals surface area (Å²) in [6.07, 6.45) is 1.00. The van der Waals surface area contributed by atoms with E-state index in [0.717, 1.165) is 6.42 Å². The summed E-state index contributed by atoms with van der Waals surface area (Å²) in [5.74, 6) is 5.00. The Morgan fingerprint density at radius 3 is 1.83 bits per heavy atom. The van der Waals surface area contributed by atoms with Crippen molar-refractivity contribution in [2.45, 2.75) is 6.42 Å². The maximum atomic E-state index is 10.3. The molecule has 0 saturated carbocycles. The van der Waals surface area contributed by atoms with Crippen molar-refractivity contribution >= 4 is 0 Å². The van der Waals surface area contributed by atoms with Crippen LogP contribution in [-0.4, -0.2) is 17.8 Å². The van der Waals surface area contributed by atoms with Crippen LogP contribution in [0.1, 0.15) is 6.42 Å². The lowest BCUT2D eigenvalue weighted by atomic mass is 10.3. The first kappa shape index (κ1) is 4.05. The van der Waals surface area contributed by atoms with E-state index in [1.54, 1.807) is 0 Å². The van der Waals surface area contributed by atoms with E-state index < -0.39 is 4.76 Å². The molecule has 1 aliphatic rings. The van der Waals surface area contributed by atoms with Crippen molar-refractivity contribution in [1.82, 2.24) is 0 Å². The van der Waals surface area contributed by atoms with Gasteiger partial charge in [0.1, 0.15) is 13.1 Å². The van der Waals surface area contributed by atoms with E-state index in [2.05, 4.69) is 0 Å². The topological polar surface area (TPSA) is 49.1 Å². The summed E-state index contributed by atoms with van der Waals surface area (Å²) in [5, 5.41) is 10.3. The monoisotopic (exact) mass is 88.1 g/mol. The van der Waals surface area contributed by atoms with Crippen molar-refractivity contribution in [3.63, 3.8) is 0 Å². The van der Waals surface area contributed by atoms with Gasteiger partial charge in [-0.25, -0.2) is 0 Å². The molecule has 0 aliphatic carbocycles. The van der Waals surface area contributed by atoms with Gasteiger partial charge in [0.05, 0.1) is 6.42 Å². The van der Waals surface area contributed by atoms with Gasteiger partial charge >= 0.3 is 0 Å². The fourth-order valence-corrected chi connectivity index (χ4v) is 0.470. The van der Waals surface area contributed by atoms with Crippen LogP contribution in [0.4, 0.5) is 0 Å². The van der Waals surface area contributed by atoms with E-state index in [1.165, 1.54) is 0 Å². The molecule has 1 aliphatic heterocycles. The van der Waals surface area contributed by atoms with Crippen LogP contribution in [0.15, 0.2) is 0 Å². The molecule has 1 fully saturated rings. The first-order valence-corrected chi connectivity index (χ1v) is 2.07. The van der Waals surface area contributed by atoms with Gasteiger partial charge in [-0.15, -0.1) is 0 Å². The largest absolute Gasteiger partial charge is 0.612 e. The second-order valence-corrected chi connectivity index (χ2v) is 1.75. The Balaban J connectivity index is 2.31. The molecule has 0 aromatic rings. The van der Waals surface area contributed by atoms with E-state index in [0.29, 0.717) is 13.1 Å². The quantitative estimate of drug-likeness (QED) is 0.248. The maximum Gasteiger partial charge on any atom is 0.101 e. The van der Waals surface area contributed by atoms with E-state index in [4.69, 9.17) is 5.84 Å². The third-order valence-electron chi connectivity index (χ3n) is 1.07. The van der Waals surface area contributed by atoms with Crippen LogP contribution in [-0.2, 0) is 0 Å². The molecule has 0 radical (unpaired) electrons. The predicted octanol–water partition coefficient (Wildman–Crippen LogP) is -0.422. The van der Waals surface area contributed by atoms with Crippen molar-refractivity contribution in [3.05, 3.63) is 5.21 Å². The average Bonchev–Trinajstić information content (AvgIpc) is 1.32. The van der Waals surface area contributed by atoms with Gasteiger partial charge in [0.15, 0.2) is 0 Å². The Kier molecular flexibility index (Phi) is 0.629. The minimum Gasteiger partial charge on any atom is -0.612 e. The second kappa shape index (κ2) is 0.932. The molecule has 0 spiro atoms. The summed E-state index contributed by atoms with van der Waals surface area (Å²) >= 11 is 0. The molecule has 6 heavy (non-hydrogen) atoms. The molecule has 0 aromatic heterocycles. The Morgan fingerprint density at radius 2 is 1.83 bits per heavy atom. The second-order valence-electron chi connectivity index (χ2n) is 1.75. The molecular formula is C3H8N2O. The van der Waals surface area contributed by atoms with Crippen LogP contribution in [0.25, 0.3) is 0 Å². The van der Waals surface area contributed by atoms with Crippen molar-refractivity contribution in [3.8, 4) is 0 Å². The number of hydroxylamine groups is 2. The lowest BCUT2D eigenvalue weighted by Gasteiger charge is -2.43. The van der Waals surface area contributed by atoms with Crippen LogP contribution in [0, 0.1) is 5.21 Å². The summed E-state index contributed by atoms with van der Waals surface area (Å²) in [5.41, 5.74) is 0. The highest BCUT2D eigenvalue weighted by Gasteiger charge is 2.20. The minimum absolute atomic E-state index is 0.500. The zero-order valence-electron chi connectivity index (χ0n) is 3.55. The van der Waals surface area contributed by atoms with E-state index in [-0.39, 0.29) is 0 Å². The first-order chi connectivity index (χ1) is 2.71. The molecule has 0 unspecified atom stereocenters. The minimum atomic E-state index is -0.500. The Hall–Kier alpha value is -0.120. The van der Waals surface area contributed by atoms with Crippen LogP contribution in [0.2, 0.25) is 0 Å². The molecule has 2 N–H and O–H groups in total. The number of hydrogen-bond acceptors (Lipinski definition) is 2. The Labute approximate surface area is 36.5 Å². The molecule has 0 aromatic carbocycles. The summed E-state index contributed by atoms with van der Waals surface area (Å²) in [7, 11) is 0. The zero-order valence-corrected chi connectivity index (χ0v) is 3.55. The fraction of sp³-hybridized carbons (Fsp3) is 1.00. The zero-order chi connectivity index (χ0) is 4.62. The van der Waals surface area contributed by atoms with Crippen molar-refractivity contribution in [1.29, 1.82) is 0 Å². The molecule has 36 valence electrons. The third-order valence-corrected chi connectivity index (χ3v) is 1.07. The van der Waals surface area contributed by atoms with E-state index >= 15 is 0 Å². The predicted molar refractivity (Wildman–Crippen MR) is 22.2 cm³/mol. The lowest BCUT2D eigenvalue weighted by Crippen LogP contribution is -2.58. The molecule has 1 saturated heterocycles. The van der Waals surface area contributed by atoms with Gasteiger partial charge in [-0.05, 0) is 0 Å². The Morgan fingerprint density at radius 1 is 1.50 bits per heavy atom. The normalized spacial score (nSPS) is 29.0. The number of hydrogen-bond donors (Lipinski definition) is 1. The number of nitrogens with zero attached hydrogens (tertiary/aromatic N) is 1. The van der Waals surface area contributed by atoms with Crippen molar-refractivity contribution in [2.24, 2.45) is 5.84 Å². The highest BCUT2D eigenvalue weighted by molar-refractivity contribution is 4.47. The molecule has 1 rings (SSSR count). The molecule has 3 heteroatoms. The summed E-state index contributed by atoms with van der Waals surface area (Å²) in [6.45, 7) is 1.22. The average molecular weight is 88.1 g/mol. The standard InChI is InChI=1S/C3H8N2O/c4-5(6)2-1-3-5/h1-4H2. The Bertz CT molecular complexity index is 55.8. The van der Waals surface area contributed by atoms with Gasteiger partial charge in [0, 0.05) is 0 Å². The van der Waals surface area contributed by atoms with E-state index in [1.807, 2.05) is 0 Å². The molecule has 3 nitrogen and oxygen atoms in total. The highest BCUT2D eigenvalue weighted by Crippen LogP contribution is 2.08. The number of nitrogens with two attached hydrogens (primary N) is 1. The van der Waals surface area contributed by atoms with Crippen molar-refractivity contribution < 1.29 is 4.76 Å². The molecule has 0 amide bonds. The van der Waals surface area contributed by atoms with Crippen LogP contribution >= 0.6 is 0 Å². The molecular weight excluding hydrogens is 80.0 g/mol. The van der Waals surface area contributed by atoms with Crippen molar-refractivity contribution in [2.75, 3.05) is 13.1 Å². The van der Waals surface area contributed by atoms with Gasteiger partial charge in [0.2, 0.25) is 0 Å². The van der Waals surface area contributed by atoms with Gasteiger partial charge in [-0.3, -0.25) is 4.76 Å². The van der Waals surface area contributed by atoms with Gasteiger partial charge in [0.25, 0.3) is 0 Å². The molecule has 0 atom stereocenters. The van der Waals surface area contributed by atoms with E-state index in [9.17, 15) is 5.21 Å². The molecule has 0 bridgehead atoms. The summed E-state index contributed by atoms with van der Waals surface area (Å²) in [4.78, 5) is 0. The first-order valence-electron chi connectivity index (χ1n) is 2.07. The van der Waals surface area contributed by atoms with Crippen LogP contribution < -0.4 is 5.84 Å². The SMILES string of the molecule is N[N+]1([O-])CCC1. The number of rotatable bonds is 0. The van der Waals surface area contributed by atoms with Gasteiger partial charge in [-0.1, -0.05) is 0 Å². The summed E-state index contributed by atoms with van der Waals surface area (Å²) < 4.78 is -0.500. The lowest BCUT2D eigenvalue weighted by molar-refractivity contribution is -0.930.